The van der Waals surface area contributed by atoms with Crippen LogP contribution in [0.4, 0.5) is 34.3 Å². The van der Waals surface area contributed by atoms with Crippen molar-refractivity contribution in [3.63, 3.8) is 0 Å². The van der Waals surface area contributed by atoms with Crippen LogP contribution in [0.3, 0.4) is 0 Å². The molecule has 3 aromatic carbocycles. The Balaban J connectivity index is 0.000000161. The Morgan fingerprint density at radius 2 is 1.25 bits per heavy atom. The summed E-state index contributed by atoms with van der Waals surface area (Å²) in [4.78, 5) is 11.2. The summed E-state index contributed by atoms with van der Waals surface area (Å²) in [5.41, 5.74) is 9.23. The molecule has 0 radical (unpaired) electrons. The number of anilines is 4. The van der Waals surface area contributed by atoms with E-state index in [1.54, 1.807) is 12.1 Å². The number of rotatable bonds is 4. The average Bonchev–Trinajstić information content (AvgIpc) is 3.50. The van der Waals surface area contributed by atoms with Gasteiger partial charge in [-0.05, 0) is 83.9 Å². The lowest BCUT2D eigenvalue weighted by atomic mass is 9.79. The predicted octanol–water partition coefficient (Wildman–Crippen LogP) is 4.41. The molecule has 0 unspecified atom stereocenters. The Morgan fingerprint density at radius 1 is 0.725 bits per heavy atom. The minimum atomic E-state index is -0.822. The van der Waals surface area contributed by atoms with Crippen molar-refractivity contribution in [1.29, 1.82) is 0 Å². The monoisotopic (exact) mass is 529 g/mol. The standard InChI is InChI=1S/C15H13BN2O2.C14H12BN3O2/c1-10-7-12(4-6-15(10)17-2)18-13-3-5-14-11(8-13)9-20-16(14)19;1-9-13(16-2)5-6-14(17-9)18-11-3-4-12-10(7-11)8-20-15(12)19/h3-8,18-19H,9H2,1H3;3-7,19H,8H2,1H3,(H,17,18). The van der Waals surface area contributed by atoms with Gasteiger partial charge in [0.05, 0.1) is 26.4 Å². The van der Waals surface area contributed by atoms with Crippen molar-refractivity contribution in [2.24, 2.45) is 0 Å². The smallest absolute Gasteiger partial charge is 0.423 e. The van der Waals surface area contributed by atoms with Crippen molar-refractivity contribution < 1.29 is 19.4 Å². The molecule has 2 aliphatic heterocycles. The Morgan fingerprint density at radius 3 is 1.80 bits per heavy atom. The van der Waals surface area contributed by atoms with Gasteiger partial charge in [-0.3, -0.25) is 0 Å². The minimum Gasteiger partial charge on any atom is -0.423 e. The van der Waals surface area contributed by atoms with E-state index in [1.165, 1.54) is 0 Å². The number of pyridine rings is 1. The highest BCUT2D eigenvalue weighted by Gasteiger charge is 2.27. The number of fused-ring (bicyclic) bond motifs is 2. The van der Waals surface area contributed by atoms with Crippen molar-refractivity contribution in [1.82, 2.24) is 4.98 Å². The van der Waals surface area contributed by atoms with Crippen LogP contribution in [0.1, 0.15) is 22.4 Å². The van der Waals surface area contributed by atoms with Crippen LogP contribution in [0, 0.1) is 27.0 Å². The van der Waals surface area contributed by atoms with Crippen LogP contribution in [-0.4, -0.2) is 29.3 Å². The second-order valence-corrected chi connectivity index (χ2v) is 9.43. The molecule has 0 amide bonds. The number of hydrogen-bond donors (Lipinski definition) is 4. The maximum atomic E-state index is 9.59. The van der Waals surface area contributed by atoms with E-state index in [0.29, 0.717) is 36.1 Å². The second kappa shape index (κ2) is 11.6. The molecule has 196 valence electrons. The van der Waals surface area contributed by atoms with Crippen molar-refractivity contribution >= 4 is 59.4 Å². The van der Waals surface area contributed by atoms with E-state index in [0.717, 1.165) is 44.7 Å². The van der Waals surface area contributed by atoms with Gasteiger partial charge in [-0.25, -0.2) is 14.7 Å². The van der Waals surface area contributed by atoms with Crippen LogP contribution >= 0.6 is 0 Å². The molecule has 4 aromatic rings. The minimum absolute atomic E-state index is 0.412. The molecular weight excluding hydrogens is 504 g/mol. The predicted molar refractivity (Wildman–Crippen MR) is 157 cm³/mol. The van der Waals surface area contributed by atoms with Gasteiger partial charge >= 0.3 is 14.2 Å². The summed E-state index contributed by atoms with van der Waals surface area (Å²) in [5.74, 6) is 0.689. The Bertz CT molecular complexity index is 1540. The summed E-state index contributed by atoms with van der Waals surface area (Å²) < 4.78 is 10.3. The zero-order chi connectivity index (χ0) is 28.2. The highest BCUT2D eigenvalue weighted by Crippen LogP contribution is 2.26. The Labute approximate surface area is 233 Å². The van der Waals surface area contributed by atoms with Crippen LogP contribution in [0.2, 0.25) is 0 Å². The largest absolute Gasteiger partial charge is 0.491 e. The lowest BCUT2D eigenvalue weighted by Crippen LogP contribution is -2.27. The third kappa shape index (κ3) is 5.84. The van der Waals surface area contributed by atoms with Gasteiger partial charge in [0, 0.05) is 22.8 Å². The van der Waals surface area contributed by atoms with Gasteiger partial charge in [0.2, 0.25) is 5.69 Å². The first-order valence-electron chi connectivity index (χ1n) is 12.6. The topological polar surface area (TPSA) is 105 Å². The molecule has 2 aliphatic rings. The van der Waals surface area contributed by atoms with Gasteiger partial charge in [-0.1, -0.05) is 24.3 Å². The van der Waals surface area contributed by atoms with E-state index in [2.05, 4.69) is 25.3 Å². The maximum Gasteiger partial charge on any atom is 0.491 e. The summed E-state index contributed by atoms with van der Waals surface area (Å²) in [6.07, 6.45) is 0. The van der Waals surface area contributed by atoms with Gasteiger partial charge in [0.25, 0.3) is 0 Å². The Hall–Kier alpha value is -4.64. The van der Waals surface area contributed by atoms with Crippen molar-refractivity contribution in [3.8, 4) is 0 Å². The third-order valence-electron chi connectivity index (χ3n) is 6.67. The summed E-state index contributed by atoms with van der Waals surface area (Å²) >= 11 is 0. The molecule has 6 rings (SSSR count). The number of aromatic nitrogens is 1. The summed E-state index contributed by atoms with van der Waals surface area (Å²) in [7, 11) is -1.63. The highest BCUT2D eigenvalue weighted by molar-refractivity contribution is 6.62. The second-order valence-electron chi connectivity index (χ2n) is 9.43. The van der Waals surface area contributed by atoms with Crippen molar-refractivity contribution in [3.05, 3.63) is 112 Å². The van der Waals surface area contributed by atoms with Crippen molar-refractivity contribution in [2.75, 3.05) is 10.6 Å². The molecule has 0 saturated heterocycles. The molecule has 40 heavy (non-hydrogen) atoms. The first kappa shape index (κ1) is 26.9. The van der Waals surface area contributed by atoms with Gasteiger partial charge in [-0.2, -0.15) is 0 Å². The molecule has 0 fully saturated rings. The number of hydrogen-bond acceptors (Lipinski definition) is 7. The molecule has 4 N–H and O–H groups in total. The fourth-order valence-corrected chi connectivity index (χ4v) is 4.53. The average molecular weight is 529 g/mol. The fourth-order valence-electron chi connectivity index (χ4n) is 4.53. The molecule has 0 saturated carbocycles. The number of nitrogens with one attached hydrogen (secondary N) is 2. The molecule has 1 aromatic heterocycles. The summed E-state index contributed by atoms with van der Waals surface area (Å²) in [5, 5.41) is 25.6. The van der Waals surface area contributed by atoms with Crippen LogP contribution in [0.15, 0.2) is 66.7 Å². The molecule has 0 bridgehead atoms. The Kier molecular flexibility index (Phi) is 7.83. The maximum absolute atomic E-state index is 9.59. The van der Waals surface area contributed by atoms with Gasteiger partial charge in [-0.15, -0.1) is 0 Å². The van der Waals surface area contributed by atoms with E-state index < -0.39 is 14.2 Å². The summed E-state index contributed by atoms with van der Waals surface area (Å²) in [6, 6.07) is 20.6. The van der Waals surface area contributed by atoms with Crippen LogP contribution in [-0.2, 0) is 22.5 Å². The molecule has 0 aliphatic carbocycles. The quantitative estimate of drug-likeness (QED) is 0.230. The zero-order valence-corrected chi connectivity index (χ0v) is 22.0. The number of aryl methyl sites for hydroxylation is 2. The lowest BCUT2D eigenvalue weighted by Gasteiger charge is -2.09. The van der Waals surface area contributed by atoms with Gasteiger partial charge in [0.15, 0.2) is 5.69 Å². The van der Waals surface area contributed by atoms with Crippen molar-refractivity contribution in [2.45, 2.75) is 27.1 Å². The summed E-state index contributed by atoms with van der Waals surface area (Å²) in [6.45, 7) is 18.6. The SMILES string of the molecule is [C-]#[N+]c1ccc(Nc2ccc3c(c2)COB3O)cc1C.[C-]#[N+]c1ccc(Nc2ccc3c(c2)COB3O)nc1C. The van der Waals surface area contributed by atoms with Gasteiger partial charge < -0.3 is 30.0 Å². The zero-order valence-electron chi connectivity index (χ0n) is 22.0. The van der Waals surface area contributed by atoms with E-state index in [1.807, 2.05) is 68.4 Å². The highest BCUT2D eigenvalue weighted by atomic mass is 16.5. The van der Waals surface area contributed by atoms with E-state index in [-0.39, 0.29) is 0 Å². The molecular formula is C29H25B2N5O4. The molecule has 0 spiro atoms. The molecule has 11 heteroatoms. The molecule has 0 atom stereocenters. The number of nitrogens with zero attached hydrogens (tertiary/aromatic N) is 3. The van der Waals surface area contributed by atoms with E-state index in [9.17, 15) is 10.0 Å². The third-order valence-corrected chi connectivity index (χ3v) is 6.67. The van der Waals surface area contributed by atoms with Crippen LogP contribution in [0.5, 0.6) is 0 Å². The lowest BCUT2D eigenvalue weighted by molar-refractivity contribution is 0.275. The van der Waals surface area contributed by atoms with Crippen LogP contribution < -0.4 is 21.6 Å². The first-order chi connectivity index (χ1) is 19.3. The van der Waals surface area contributed by atoms with Crippen LogP contribution in [0.25, 0.3) is 9.69 Å². The first-order valence-corrected chi connectivity index (χ1v) is 12.6. The van der Waals surface area contributed by atoms with Gasteiger partial charge in [0.1, 0.15) is 5.82 Å². The molecule has 9 nitrogen and oxygen atoms in total. The van der Waals surface area contributed by atoms with E-state index >= 15 is 0 Å². The fraction of sp³-hybridized carbons (Fsp3) is 0.138. The number of benzene rings is 3. The molecule has 3 heterocycles. The van der Waals surface area contributed by atoms with E-state index in [4.69, 9.17) is 22.5 Å². The normalized spacial score (nSPS) is 12.9.